The topological polar surface area (TPSA) is 62.8 Å². The summed E-state index contributed by atoms with van der Waals surface area (Å²) in [6, 6.07) is 16.2. The molecule has 0 unspecified atom stereocenters. The average molecular weight is 422 g/mol. The summed E-state index contributed by atoms with van der Waals surface area (Å²) in [5, 5.41) is 0. The summed E-state index contributed by atoms with van der Waals surface area (Å²) in [7, 11) is -3.78. The highest BCUT2D eigenvalue weighted by molar-refractivity contribution is 7.91. The Bertz CT molecular complexity index is 1310. The van der Waals surface area contributed by atoms with E-state index >= 15 is 0 Å². The molecule has 1 N–H and O–H groups in total. The van der Waals surface area contributed by atoms with Crippen molar-refractivity contribution >= 4 is 22.0 Å². The standard InChI is InChI=1S/C23H16F2N2O2S/c24-18-10-9-17(21(25)15-18)8-5-16-6-11-19(12-7-16)30(28,29)22-4-2-1-3-20(22)23-26-13-14-27-23/h1-15H,(H,26,27)/b8-5+. The summed E-state index contributed by atoms with van der Waals surface area (Å²) >= 11 is 0. The smallest absolute Gasteiger partial charge is 0.207 e. The van der Waals surface area contributed by atoms with Crippen molar-refractivity contribution in [2.75, 3.05) is 0 Å². The highest BCUT2D eigenvalue weighted by Crippen LogP contribution is 2.29. The molecular weight excluding hydrogens is 406 g/mol. The van der Waals surface area contributed by atoms with Gasteiger partial charge in [0.25, 0.3) is 0 Å². The zero-order valence-corrected chi connectivity index (χ0v) is 16.4. The second-order valence-electron chi connectivity index (χ2n) is 6.51. The second-order valence-corrected chi connectivity index (χ2v) is 8.42. The molecule has 4 aromatic rings. The lowest BCUT2D eigenvalue weighted by molar-refractivity contribution is 0.581. The molecule has 0 saturated heterocycles. The number of hydrogen-bond donors (Lipinski definition) is 1. The van der Waals surface area contributed by atoms with Gasteiger partial charge in [0.2, 0.25) is 9.84 Å². The fourth-order valence-corrected chi connectivity index (χ4v) is 4.48. The van der Waals surface area contributed by atoms with Gasteiger partial charge in [0.15, 0.2) is 0 Å². The van der Waals surface area contributed by atoms with E-state index in [-0.39, 0.29) is 15.4 Å². The minimum atomic E-state index is -3.78. The lowest BCUT2D eigenvalue weighted by atomic mass is 10.1. The number of sulfone groups is 1. The number of nitrogens with zero attached hydrogens (tertiary/aromatic N) is 1. The number of hydrogen-bond acceptors (Lipinski definition) is 3. The molecule has 0 atom stereocenters. The van der Waals surface area contributed by atoms with E-state index in [9.17, 15) is 17.2 Å². The van der Waals surface area contributed by atoms with E-state index in [1.807, 2.05) is 0 Å². The van der Waals surface area contributed by atoms with Crippen molar-refractivity contribution in [3.8, 4) is 11.4 Å². The van der Waals surface area contributed by atoms with Crippen LogP contribution in [0, 0.1) is 11.6 Å². The minimum Gasteiger partial charge on any atom is -0.345 e. The van der Waals surface area contributed by atoms with Crippen molar-refractivity contribution in [3.63, 3.8) is 0 Å². The first kappa shape index (κ1) is 19.7. The molecule has 1 aromatic heterocycles. The van der Waals surface area contributed by atoms with Crippen LogP contribution in [-0.4, -0.2) is 18.4 Å². The quantitative estimate of drug-likeness (QED) is 0.441. The summed E-state index contributed by atoms with van der Waals surface area (Å²) in [4.78, 5) is 7.36. The molecule has 0 aliphatic carbocycles. The number of aromatic amines is 1. The van der Waals surface area contributed by atoms with Crippen LogP contribution in [0.1, 0.15) is 11.1 Å². The first-order valence-corrected chi connectivity index (χ1v) is 10.5. The van der Waals surface area contributed by atoms with Crippen LogP contribution < -0.4 is 0 Å². The highest BCUT2D eigenvalue weighted by atomic mass is 32.2. The average Bonchev–Trinajstić information content (AvgIpc) is 3.28. The number of rotatable bonds is 5. The van der Waals surface area contributed by atoms with Gasteiger partial charge in [0.1, 0.15) is 17.5 Å². The highest BCUT2D eigenvalue weighted by Gasteiger charge is 2.22. The molecule has 7 heteroatoms. The van der Waals surface area contributed by atoms with E-state index in [4.69, 9.17) is 0 Å². The molecule has 150 valence electrons. The molecule has 0 spiro atoms. The lowest BCUT2D eigenvalue weighted by Crippen LogP contribution is -2.04. The van der Waals surface area contributed by atoms with Crippen molar-refractivity contribution in [3.05, 3.63) is 102 Å². The number of benzene rings is 3. The Kier molecular flexibility index (Phi) is 5.29. The van der Waals surface area contributed by atoms with Crippen molar-refractivity contribution < 1.29 is 17.2 Å². The summed E-state index contributed by atoms with van der Waals surface area (Å²) in [5.74, 6) is -0.843. The molecule has 0 aliphatic rings. The zero-order chi connectivity index (χ0) is 21.1. The van der Waals surface area contributed by atoms with E-state index in [1.54, 1.807) is 48.8 Å². The van der Waals surface area contributed by atoms with Crippen LogP contribution in [0.2, 0.25) is 0 Å². The first-order valence-electron chi connectivity index (χ1n) is 9.02. The molecule has 0 amide bonds. The largest absolute Gasteiger partial charge is 0.345 e. The van der Waals surface area contributed by atoms with Gasteiger partial charge in [0, 0.05) is 29.6 Å². The summed E-state index contributed by atoms with van der Waals surface area (Å²) in [6.07, 6.45) is 6.32. The number of H-pyrrole nitrogens is 1. The van der Waals surface area contributed by atoms with Gasteiger partial charge in [-0.3, -0.25) is 0 Å². The summed E-state index contributed by atoms with van der Waals surface area (Å²) < 4.78 is 53.1. The van der Waals surface area contributed by atoms with E-state index in [2.05, 4.69) is 9.97 Å². The minimum absolute atomic E-state index is 0.131. The molecule has 0 fully saturated rings. The van der Waals surface area contributed by atoms with E-state index in [0.717, 1.165) is 6.07 Å². The van der Waals surface area contributed by atoms with E-state index < -0.39 is 21.5 Å². The second kappa shape index (κ2) is 8.04. The van der Waals surface area contributed by atoms with Crippen LogP contribution in [0.3, 0.4) is 0 Å². The van der Waals surface area contributed by atoms with Crippen LogP contribution in [0.25, 0.3) is 23.5 Å². The van der Waals surface area contributed by atoms with Crippen LogP contribution in [0.5, 0.6) is 0 Å². The first-order chi connectivity index (χ1) is 14.4. The third-order valence-corrected chi connectivity index (χ3v) is 6.37. The molecule has 0 bridgehead atoms. The third-order valence-electron chi connectivity index (χ3n) is 4.54. The van der Waals surface area contributed by atoms with Gasteiger partial charge in [-0.15, -0.1) is 0 Å². The Balaban J connectivity index is 1.64. The van der Waals surface area contributed by atoms with Crippen molar-refractivity contribution in [2.24, 2.45) is 0 Å². The van der Waals surface area contributed by atoms with Crippen molar-refractivity contribution in [2.45, 2.75) is 9.79 Å². The lowest BCUT2D eigenvalue weighted by Gasteiger charge is -2.09. The Morgan fingerprint density at radius 1 is 0.900 bits per heavy atom. The molecule has 4 nitrogen and oxygen atoms in total. The fraction of sp³-hybridized carbons (Fsp3) is 0. The molecule has 30 heavy (non-hydrogen) atoms. The normalized spacial score (nSPS) is 11.8. The maximum atomic E-state index is 13.7. The molecule has 0 saturated carbocycles. The Labute approximate surface area is 172 Å². The predicted molar refractivity (Wildman–Crippen MR) is 111 cm³/mol. The Hall–Kier alpha value is -3.58. The zero-order valence-electron chi connectivity index (χ0n) is 15.6. The van der Waals surface area contributed by atoms with Crippen molar-refractivity contribution in [1.82, 2.24) is 9.97 Å². The van der Waals surface area contributed by atoms with Crippen LogP contribution in [0.4, 0.5) is 8.78 Å². The number of halogens is 2. The fourth-order valence-electron chi connectivity index (χ4n) is 3.02. The van der Waals surface area contributed by atoms with Gasteiger partial charge in [-0.1, -0.05) is 36.4 Å². The van der Waals surface area contributed by atoms with Gasteiger partial charge >= 0.3 is 0 Å². The third kappa shape index (κ3) is 3.92. The number of aromatic nitrogens is 2. The van der Waals surface area contributed by atoms with Crippen LogP contribution >= 0.6 is 0 Å². The van der Waals surface area contributed by atoms with Gasteiger partial charge in [-0.2, -0.15) is 0 Å². The van der Waals surface area contributed by atoms with Crippen LogP contribution in [-0.2, 0) is 9.84 Å². The molecule has 3 aromatic carbocycles. The SMILES string of the molecule is O=S(=O)(c1ccc(/C=C/c2ccc(F)cc2F)cc1)c1ccccc1-c1ncc[nH]1. The van der Waals surface area contributed by atoms with E-state index in [0.29, 0.717) is 17.0 Å². The van der Waals surface area contributed by atoms with E-state index in [1.165, 1.54) is 36.4 Å². The summed E-state index contributed by atoms with van der Waals surface area (Å²) in [6.45, 7) is 0. The molecule has 4 rings (SSSR count). The molecule has 1 heterocycles. The van der Waals surface area contributed by atoms with Gasteiger partial charge in [-0.05, 0) is 42.0 Å². The molecular formula is C23H16F2N2O2S. The Morgan fingerprint density at radius 3 is 2.37 bits per heavy atom. The van der Waals surface area contributed by atoms with Crippen LogP contribution in [0.15, 0.2) is 88.9 Å². The molecule has 0 radical (unpaired) electrons. The summed E-state index contributed by atoms with van der Waals surface area (Å²) in [5.41, 5.74) is 1.40. The number of nitrogens with one attached hydrogen (secondary N) is 1. The maximum absolute atomic E-state index is 13.7. The Morgan fingerprint density at radius 2 is 1.67 bits per heavy atom. The van der Waals surface area contributed by atoms with Crippen molar-refractivity contribution in [1.29, 1.82) is 0 Å². The van der Waals surface area contributed by atoms with Gasteiger partial charge in [-0.25, -0.2) is 22.2 Å². The number of imidazole rings is 1. The monoisotopic (exact) mass is 422 g/mol. The maximum Gasteiger partial charge on any atom is 0.207 e. The van der Waals surface area contributed by atoms with Gasteiger partial charge < -0.3 is 4.98 Å². The molecule has 0 aliphatic heterocycles. The predicted octanol–water partition coefficient (Wildman–Crippen LogP) is 5.36. The van der Waals surface area contributed by atoms with Gasteiger partial charge in [0.05, 0.1) is 9.79 Å².